The summed E-state index contributed by atoms with van der Waals surface area (Å²) in [7, 11) is 0. The quantitative estimate of drug-likeness (QED) is 0.837. The van der Waals surface area contributed by atoms with Gasteiger partial charge in [-0.05, 0) is 48.9 Å². The van der Waals surface area contributed by atoms with Gasteiger partial charge in [0, 0.05) is 30.9 Å². The third kappa shape index (κ3) is 3.21. The highest BCUT2D eigenvalue weighted by Gasteiger charge is 2.51. The molecule has 1 saturated heterocycles. The van der Waals surface area contributed by atoms with Crippen LogP contribution in [0.1, 0.15) is 40.9 Å². The van der Waals surface area contributed by atoms with Crippen LogP contribution in [0.15, 0.2) is 41.3 Å². The number of amides is 1. The molecule has 3 heterocycles. The highest BCUT2D eigenvalue weighted by Crippen LogP contribution is 2.49. The zero-order valence-corrected chi connectivity index (χ0v) is 14.6. The van der Waals surface area contributed by atoms with E-state index >= 15 is 0 Å². The van der Waals surface area contributed by atoms with Gasteiger partial charge >= 0.3 is 0 Å². The van der Waals surface area contributed by atoms with Crippen molar-refractivity contribution in [2.24, 2.45) is 11.3 Å². The third-order valence-electron chi connectivity index (χ3n) is 5.65. The number of fused-ring (bicyclic) bond motifs is 1. The van der Waals surface area contributed by atoms with Crippen LogP contribution in [0.4, 0.5) is 0 Å². The fourth-order valence-corrected chi connectivity index (χ4v) is 4.43. The van der Waals surface area contributed by atoms with Crippen molar-refractivity contribution in [3.8, 4) is 0 Å². The fourth-order valence-electron chi connectivity index (χ4n) is 4.43. The van der Waals surface area contributed by atoms with Crippen molar-refractivity contribution < 1.29 is 13.9 Å². The van der Waals surface area contributed by atoms with Crippen LogP contribution >= 0.6 is 0 Å². The van der Waals surface area contributed by atoms with Crippen molar-refractivity contribution in [2.75, 3.05) is 19.7 Å². The molecule has 0 aromatic carbocycles. The van der Waals surface area contributed by atoms with Gasteiger partial charge in [0.15, 0.2) is 5.76 Å². The van der Waals surface area contributed by atoms with Gasteiger partial charge in [0.2, 0.25) is 0 Å². The minimum Gasteiger partial charge on any atom is -0.459 e. The number of aromatic nitrogens is 1. The zero-order valence-electron chi connectivity index (χ0n) is 14.6. The predicted molar refractivity (Wildman–Crippen MR) is 93.0 cm³/mol. The predicted octanol–water partition coefficient (Wildman–Crippen LogP) is 3.44. The van der Waals surface area contributed by atoms with E-state index in [9.17, 15) is 4.79 Å². The summed E-state index contributed by atoms with van der Waals surface area (Å²) >= 11 is 0. The Labute approximate surface area is 148 Å². The van der Waals surface area contributed by atoms with Crippen molar-refractivity contribution in [1.29, 1.82) is 0 Å². The molecule has 132 valence electrons. The average Bonchev–Trinajstić information content (AvgIpc) is 3.30. The Hall–Kier alpha value is -2.14. The molecule has 0 unspecified atom stereocenters. The van der Waals surface area contributed by atoms with Crippen molar-refractivity contribution in [3.63, 3.8) is 0 Å². The van der Waals surface area contributed by atoms with Gasteiger partial charge in [0.05, 0.1) is 19.5 Å². The first kappa shape index (κ1) is 16.3. The zero-order chi connectivity index (χ0) is 17.3. The van der Waals surface area contributed by atoms with Gasteiger partial charge < -0.3 is 14.1 Å². The van der Waals surface area contributed by atoms with E-state index in [-0.39, 0.29) is 11.3 Å². The molecule has 2 fully saturated rings. The Morgan fingerprint density at radius 1 is 1.48 bits per heavy atom. The van der Waals surface area contributed by atoms with Gasteiger partial charge in [0.25, 0.3) is 5.91 Å². The molecule has 2 aromatic heterocycles. The number of ether oxygens (including phenoxy) is 1. The van der Waals surface area contributed by atoms with Crippen LogP contribution < -0.4 is 0 Å². The van der Waals surface area contributed by atoms with E-state index in [0.29, 0.717) is 24.9 Å². The summed E-state index contributed by atoms with van der Waals surface area (Å²) in [5, 5.41) is 0. The van der Waals surface area contributed by atoms with Crippen LogP contribution in [-0.4, -0.2) is 35.5 Å². The lowest BCUT2D eigenvalue weighted by Gasteiger charge is -2.28. The molecule has 2 aliphatic rings. The third-order valence-corrected chi connectivity index (χ3v) is 5.65. The molecule has 1 aliphatic carbocycles. The molecule has 5 heteroatoms. The number of carbonyl (C=O) groups excluding carboxylic acids is 1. The van der Waals surface area contributed by atoms with Crippen molar-refractivity contribution in [2.45, 2.75) is 32.8 Å². The molecule has 2 aromatic rings. The number of hydrogen-bond acceptors (Lipinski definition) is 4. The summed E-state index contributed by atoms with van der Waals surface area (Å²) in [6.07, 6.45) is 8.80. The molecular weight excluding hydrogens is 316 g/mol. The van der Waals surface area contributed by atoms with E-state index in [1.165, 1.54) is 12.8 Å². The van der Waals surface area contributed by atoms with Crippen LogP contribution in [0, 0.1) is 18.3 Å². The number of nitrogens with zero attached hydrogens (tertiary/aromatic N) is 2. The van der Waals surface area contributed by atoms with Crippen LogP contribution in [0.3, 0.4) is 0 Å². The molecule has 0 bridgehead atoms. The lowest BCUT2D eigenvalue weighted by Crippen LogP contribution is -2.34. The fraction of sp³-hybridized carbons (Fsp3) is 0.500. The monoisotopic (exact) mass is 340 g/mol. The number of pyridine rings is 1. The lowest BCUT2D eigenvalue weighted by molar-refractivity contribution is 0.0262. The smallest absolute Gasteiger partial charge is 0.289 e. The van der Waals surface area contributed by atoms with E-state index in [1.54, 1.807) is 18.4 Å². The summed E-state index contributed by atoms with van der Waals surface area (Å²) in [6, 6.07) is 5.61. The van der Waals surface area contributed by atoms with Crippen LogP contribution in [0.2, 0.25) is 0 Å². The van der Waals surface area contributed by atoms with E-state index in [0.717, 1.165) is 30.6 Å². The number of aryl methyl sites for hydroxylation is 1. The maximum absolute atomic E-state index is 12.6. The van der Waals surface area contributed by atoms with E-state index in [2.05, 4.69) is 11.1 Å². The van der Waals surface area contributed by atoms with Crippen LogP contribution in [0.25, 0.3) is 0 Å². The van der Waals surface area contributed by atoms with Gasteiger partial charge in [0.1, 0.15) is 0 Å². The highest BCUT2D eigenvalue weighted by molar-refractivity contribution is 5.91. The molecule has 1 amide bonds. The normalized spacial score (nSPS) is 25.3. The van der Waals surface area contributed by atoms with Crippen molar-refractivity contribution in [1.82, 2.24) is 9.88 Å². The highest BCUT2D eigenvalue weighted by atomic mass is 16.5. The molecule has 1 aliphatic heterocycles. The Balaban J connectivity index is 1.40. The van der Waals surface area contributed by atoms with Gasteiger partial charge in [-0.25, -0.2) is 0 Å². The van der Waals surface area contributed by atoms with E-state index < -0.39 is 0 Å². The second-order valence-corrected chi connectivity index (χ2v) is 7.48. The van der Waals surface area contributed by atoms with Crippen molar-refractivity contribution in [3.05, 3.63) is 53.7 Å². The first-order chi connectivity index (χ1) is 12.2. The molecule has 0 radical (unpaired) electrons. The summed E-state index contributed by atoms with van der Waals surface area (Å²) in [4.78, 5) is 18.8. The standard InChI is InChI=1S/C20H24N2O3/c1-15-8-16(10-21-9-15)12-24-14-20-6-2-4-17(20)11-22(13-20)19(23)18-5-3-7-25-18/h3,5,7-10,17H,2,4,6,11-14H2,1H3/t17-,20+/m1/s1. The molecule has 5 nitrogen and oxygen atoms in total. The molecular formula is C20H24N2O3. The Morgan fingerprint density at radius 3 is 3.20 bits per heavy atom. The van der Waals surface area contributed by atoms with E-state index in [4.69, 9.17) is 9.15 Å². The van der Waals surface area contributed by atoms with Gasteiger partial charge in [-0.3, -0.25) is 9.78 Å². The molecule has 0 N–H and O–H groups in total. The average molecular weight is 340 g/mol. The number of furan rings is 1. The minimum absolute atomic E-state index is 0.00154. The molecule has 4 rings (SSSR count). The first-order valence-corrected chi connectivity index (χ1v) is 8.97. The van der Waals surface area contributed by atoms with Crippen LogP contribution in [-0.2, 0) is 11.3 Å². The molecule has 25 heavy (non-hydrogen) atoms. The lowest BCUT2D eigenvalue weighted by atomic mass is 9.81. The summed E-state index contributed by atoms with van der Waals surface area (Å²) in [5.74, 6) is 0.964. The Morgan fingerprint density at radius 2 is 2.40 bits per heavy atom. The minimum atomic E-state index is 0.00154. The second kappa shape index (κ2) is 6.64. The number of hydrogen-bond donors (Lipinski definition) is 0. The summed E-state index contributed by atoms with van der Waals surface area (Å²) in [6.45, 7) is 4.90. The maximum atomic E-state index is 12.6. The largest absolute Gasteiger partial charge is 0.459 e. The topological polar surface area (TPSA) is 55.6 Å². The molecule has 2 atom stereocenters. The second-order valence-electron chi connectivity index (χ2n) is 7.48. The van der Waals surface area contributed by atoms with Crippen LogP contribution in [0.5, 0.6) is 0 Å². The van der Waals surface area contributed by atoms with Gasteiger partial charge in [-0.1, -0.05) is 12.5 Å². The number of carbonyl (C=O) groups is 1. The number of rotatable bonds is 5. The summed E-state index contributed by atoms with van der Waals surface area (Å²) in [5.41, 5.74) is 2.35. The van der Waals surface area contributed by atoms with Crippen molar-refractivity contribution >= 4 is 5.91 Å². The SMILES string of the molecule is Cc1cncc(COC[C@@]23CCC[C@@H]2CN(C(=O)c2ccco2)C3)c1. The van der Waals surface area contributed by atoms with E-state index in [1.807, 2.05) is 24.2 Å². The Bertz CT molecular complexity index is 743. The summed E-state index contributed by atoms with van der Waals surface area (Å²) < 4.78 is 11.4. The number of likely N-dealkylation sites (tertiary alicyclic amines) is 1. The van der Waals surface area contributed by atoms with Gasteiger partial charge in [-0.15, -0.1) is 0 Å². The Kier molecular flexibility index (Phi) is 4.34. The first-order valence-electron chi connectivity index (χ1n) is 8.97. The molecule has 1 saturated carbocycles. The van der Waals surface area contributed by atoms with Gasteiger partial charge in [-0.2, -0.15) is 0 Å². The maximum Gasteiger partial charge on any atom is 0.289 e. The molecule has 0 spiro atoms.